The maximum atomic E-state index is 12.6. The Hall–Kier alpha value is -1.15. The first-order valence-electron chi connectivity index (χ1n) is 7.92. The lowest BCUT2D eigenvalue weighted by Gasteiger charge is -2.33. The van der Waals surface area contributed by atoms with E-state index >= 15 is 0 Å². The zero-order chi connectivity index (χ0) is 15.9. The SMILES string of the molecule is O=C(O)[C@@H]1C[C@@H]2CCCC[C@@H]2N1C(=O)CN1CCCS1(=O)=O. The van der Waals surface area contributed by atoms with Gasteiger partial charge in [0.25, 0.3) is 0 Å². The van der Waals surface area contributed by atoms with Gasteiger partial charge < -0.3 is 10.0 Å². The first-order chi connectivity index (χ1) is 10.4. The summed E-state index contributed by atoms with van der Waals surface area (Å²) in [6, 6.07) is -0.835. The normalized spacial score (nSPS) is 34.5. The number of hydrogen-bond donors (Lipinski definition) is 1. The van der Waals surface area contributed by atoms with Crippen molar-refractivity contribution in [3.05, 3.63) is 0 Å². The summed E-state index contributed by atoms with van der Waals surface area (Å²) < 4.78 is 24.9. The average molecular weight is 330 g/mol. The Kier molecular flexibility index (Phi) is 4.15. The highest BCUT2D eigenvalue weighted by molar-refractivity contribution is 7.89. The fourth-order valence-electron chi connectivity index (χ4n) is 4.14. The summed E-state index contributed by atoms with van der Waals surface area (Å²) in [6.07, 6.45) is 4.89. The van der Waals surface area contributed by atoms with Crippen LogP contribution in [0.15, 0.2) is 0 Å². The van der Waals surface area contributed by atoms with Crippen molar-refractivity contribution >= 4 is 21.9 Å². The molecule has 0 spiro atoms. The van der Waals surface area contributed by atoms with E-state index in [9.17, 15) is 23.1 Å². The summed E-state index contributed by atoms with van der Waals surface area (Å²) in [5.74, 6) is -1.01. The topological polar surface area (TPSA) is 95.0 Å². The molecule has 3 rings (SSSR count). The lowest BCUT2D eigenvalue weighted by Crippen LogP contribution is -2.50. The van der Waals surface area contributed by atoms with Crippen molar-refractivity contribution in [2.75, 3.05) is 18.8 Å². The van der Waals surface area contributed by atoms with Crippen molar-refractivity contribution in [3.63, 3.8) is 0 Å². The highest BCUT2D eigenvalue weighted by Crippen LogP contribution is 2.40. The molecule has 0 unspecified atom stereocenters. The molecule has 124 valence electrons. The third-order valence-corrected chi connectivity index (χ3v) is 7.08. The fraction of sp³-hybridized carbons (Fsp3) is 0.857. The molecule has 2 aliphatic heterocycles. The van der Waals surface area contributed by atoms with Gasteiger partial charge in [0, 0.05) is 12.6 Å². The minimum absolute atomic E-state index is 0.0346. The lowest BCUT2D eigenvalue weighted by molar-refractivity contribution is -0.149. The van der Waals surface area contributed by atoms with E-state index in [1.807, 2.05) is 0 Å². The smallest absolute Gasteiger partial charge is 0.326 e. The van der Waals surface area contributed by atoms with E-state index in [0.29, 0.717) is 19.4 Å². The molecule has 1 N–H and O–H groups in total. The number of amides is 1. The van der Waals surface area contributed by atoms with Gasteiger partial charge in [0.1, 0.15) is 6.04 Å². The number of fused-ring (bicyclic) bond motifs is 1. The maximum absolute atomic E-state index is 12.6. The molecule has 0 aromatic heterocycles. The van der Waals surface area contributed by atoms with E-state index in [0.717, 1.165) is 25.7 Å². The standard InChI is InChI=1S/C14H22N2O5S/c17-13(9-15-6-3-7-22(15,20)21)16-11-5-2-1-4-10(11)8-12(16)14(18)19/h10-12H,1-9H2,(H,18,19)/t10-,11-,12-/m0/s1. The van der Waals surface area contributed by atoms with E-state index < -0.39 is 22.0 Å². The van der Waals surface area contributed by atoms with Crippen LogP contribution in [0.4, 0.5) is 0 Å². The molecule has 3 aliphatic rings. The number of carboxylic acids is 1. The van der Waals surface area contributed by atoms with E-state index in [1.165, 1.54) is 9.21 Å². The summed E-state index contributed by atoms with van der Waals surface area (Å²) in [4.78, 5) is 25.6. The zero-order valence-corrected chi connectivity index (χ0v) is 13.3. The van der Waals surface area contributed by atoms with Gasteiger partial charge in [0.15, 0.2) is 0 Å². The molecule has 0 aromatic carbocycles. The number of carbonyl (C=O) groups excluding carboxylic acids is 1. The van der Waals surface area contributed by atoms with Gasteiger partial charge in [-0.1, -0.05) is 12.8 Å². The van der Waals surface area contributed by atoms with Crippen LogP contribution >= 0.6 is 0 Å². The molecule has 1 saturated carbocycles. The fourth-order valence-corrected chi connectivity index (χ4v) is 5.61. The molecular formula is C14H22N2O5S. The Morgan fingerprint density at radius 1 is 1.14 bits per heavy atom. The number of aliphatic carboxylic acids is 1. The predicted molar refractivity (Wildman–Crippen MR) is 78.6 cm³/mol. The summed E-state index contributed by atoms with van der Waals surface area (Å²) in [6.45, 7) is 0.142. The first kappa shape index (κ1) is 15.7. The number of carboxylic acid groups (broad SMARTS) is 1. The van der Waals surface area contributed by atoms with Crippen LogP contribution in [0, 0.1) is 5.92 Å². The number of likely N-dealkylation sites (tertiary alicyclic amines) is 1. The van der Waals surface area contributed by atoms with Crippen molar-refractivity contribution in [2.45, 2.75) is 50.6 Å². The molecule has 3 atom stereocenters. The van der Waals surface area contributed by atoms with Gasteiger partial charge in [-0.25, -0.2) is 13.2 Å². The molecule has 0 bridgehead atoms. The molecule has 0 radical (unpaired) electrons. The largest absolute Gasteiger partial charge is 0.480 e. The molecule has 8 heteroatoms. The van der Waals surface area contributed by atoms with Gasteiger partial charge in [-0.3, -0.25) is 4.79 Å². The summed E-state index contributed by atoms with van der Waals surface area (Å²) in [7, 11) is -3.34. The van der Waals surface area contributed by atoms with Crippen molar-refractivity contribution in [1.82, 2.24) is 9.21 Å². The molecule has 2 saturated heterocycles. The summed E-state index contributed by atoms with van der Waals surface area (Å²) in [5.41, 5.74) is 0. The van der Waals surface area contributed by atoms with Crippen LogP contribution in [-0.2, 0) is 19.6 Å². The van der Waals surface area contributed by atoms with Crippen molar-refractivity contribution in [3.8, 4) is 0 Å². The number of hydrogen-bond acceptors (Lipinski definition) is 4. The minimum Gasteiger partial charge on any atom is -0.480 e. The Labute approximate surface area is 130 Å². The molecule has 1 aliphatic carbocycles. The van der Waals surface area contributed by atoms with Crippen molar-refractivity contribution in [2.24, 2.45) is 5.92 Å². The summed E-state index contributed by atoms with van der Waals surface area (Å²) >= 11 is 0. The van der Waals surface area contributed by atoms with E-state index in [2.05, 4.69) is 0 Å². The van der Waals surface area contributed by atoms with Gasteiger partial charge in [-0.05, 0) is 31.6 Å². The number of rotatable bonds is 3. The quantitative estimate of drug-likeness (QED) is 0.801. The second-order valence-electron chi connectivity index (χ2n) is 6.51. The molecule has 1 amide bonds. The third kappa shape index (κ3) is 2.74. The van der Waals surface area contributed by atoms with Crippen LogP contribution < -0.4 is 0 Å². The Balaban J connectivity index is 1.77. The Morgan fingerprint density at radius 2 is 1.86 bits per heavy atom. The summed E-state index contributed by atoms with van der Waals surface area (Å²) in [5, 5.41) is 9.42. The molecular weight excluding hydrogens is 308 g/mol. The molecule has 2 heterocycles. The second-order valence-corrected chi connectivity index (χ2v) is 8.59. The highest BCUT2D eigenvalue weighted by atomic mass is 32.2. The van der Waals surface area contributed by atoms with Crippen molar-refractivity contribution in [1.29, 1.82) is 0 Å². The minimum atomic E-state index is -3.34. The first-order valence-corrected chi connectivity index (χ1v) is 9.53. The Morgan fingerprint density at radius 3 is 2.50 bits per heavy atom. The van der Waals surface area contributed by atoms with Gasteiger partial charge in [-0.15, -0.1) is 0 Å². The van der Waals surface area contributed by atoms with E-state index in [-0.39, 0.29) is 30.2 Å². The number of nitrogens with zero attached hydrogens (tertiary/aromatic N) is 2. The van der Waals surface area contributed by atoms with Gasteiger partial charge >= 0.3 is 5.97 Å². The molecule has 0 aromatic rings. The third-order valence-electron chi connectivity index (χ3n) is 5.18. The van der Waals surface area contributed by atoms with Gasteiger partial charge in [0.2, 0.25) is 15.9 Å². The molecule has 22 heavy (non-hydrogen) atoms. The maximum Gasteiger partial charge on any atom is 0.326 e. The van der Waals surface area contributed by atoms with Crippen LogP contribution in [0.1, 0.15) is 38.5 Å². The monoisotopic (exact) mass is 330 g/mol. The molecule has 3 fully saturated rings. The molecule has 7 nitrogen and oxygen atoms in total. The zero-order valence-electron chi connectivity index (χ0n) is 12.5. The number of carbonyl (C=O) groups is 2. The van der Waals surface area contributed by atoms with E-state index in [1.54, 1.807) is 0 Å². The van der Waals surface area contributed by atoms with E-state index in [4.69, 9.17) is 0 Å². The second kappa shape index (κ2) is 5.81. The Bertz CT molecular complexity index is 576. The average Bonchev–Trinajstić information content (AvgIpc) is 2.99. The van der Waals surface area contributed by atoms with Crippen LogP contribution in [0.3, 0.4) is 0 Å². The predicted octanol–water partition coefficient (Wildman–Crippen LogP) is 0.266. The lowest BCUT2D eigenvalue weighted by atomic mass is 9.85. The number of sulfonamides is 1. The van der Waals surface area contributed by atoms with Gasteiger partial charge in [0.05, 0.1) is 12.3 Å². The van der Waals surface area contributed by atoms with Crippen LogP contribution in [0.2, 0.25) is 0 Å². The van der Waals surface area contributed by atoms with Gasteiger partial charge in [-0.2, -0.15) is 4.31 Å². The van der Waals surface area contributed by atoms with Crippen LogP contribution in [0.5, 0.6) is 0 Å². The highest BCUT2D eigenvalue weighted by Gasteiger charge is 2.48. The van der Waals surface area contributed by atoms with Crippen molar-refractivity contribution < 1.29 is 23.1 Å². The van der Waals surface area contributed by atoms with Crippen LogP contribution in [-0.4, -0.2) is 65.5 Å². The van der Waals surface area contributed by atoms with Crippen LogP contribution in [0.25, 0.3) is 0 Å².